The standard InChI is InChI=1S/C23H30N2O7S/c1-16-14-18(7-9-19(16)32-23(2,3)22(26)27)33(28,29)25-12-10-24(11-13-25)17-6-8-20(30-4)21(15-17)31-5/h6-9,14-15H,10-13H2,1-5H3,(H,26,27). The van der Waals surface area contributed by atoms with Gasteiger partial charge >= 0.3 is 5.97 Å². The summed E-state index contributed by atoms with van der Waals surface area (Å²) in [4.78, 5) is 13.6. The van der Waals surface area contributed by atoms with Crippen LogP contribution in [0.2, 0.25) is 0 Å². The summed E-state index contributed by atoms with van der Waals surface area (Å²) in [6, 6.07) is 10.1. The van der Waals surface area contributed by atoms with Gasteiger partial charge < -0.3 is 24.2 Å². The Kier molecular flexibility index (Phi) is 7.08. The lowest BCUT2D eigenvalue weighted by Gasteiger charge is -2.35. The molecule has 0 radical (unpaired) electrons. The summed E-state index contributed by atoms with van der Waals surface area (Å²) in [6.07, 6.45) is 0. The Morgan fingerprint density at radius 3 is 2.09 bits per heavy atom. The molecule has 0 atom stereocenters. The van der Waals surface area contributed by atoms with Gasteiger partial charge in [0.25, 0.3) is 0 Å². The number of rotatable bonds is 8. The van der Waals surface area contributed by atoms with Crippen molar-refractivity contribution < 1.29 is 32.5 Å². The van der Waals surface area contributed by atoms with Gasteiger partial charge in [-0.1, -0.05) is 0 Å². The van der Waals surface area contributed by atoms with Crippen LogP contribution in [0.5, 0.6) is 17.2 Å². The number of benzene rings is 2. The Hall–Kier alpha value is -2.98. The van der Waals surface area contributed by atoms with Crippen LogP contribution in [0.3, 0.4) is 0 Å². The van der Waals surface area contributed by atoms with Gasteiger partial charge in [-0.3, -0.25) is 0 Å². The van der Waals surface area contributed by atoms with Crippen molar-refractivity contribution in [3.8, 4) is 17.2 Å². The van der Waals surface area contributed by atoms with Crippen LogP contribution in [0.4, 0.5) is 5.69 Å². The normalized spacial score (nSPS) is 15.2. The molecule has 2 aromatic carbocycles. The van der Waals surface area contributed by atoms with E-state index in [2.05, 4.69) is 4.90 Å². The topological polar surface area (TPSA) is 106 Å². The lowest BCUT2D eigenvalue weighted by atomic mass is 10.1. The van der Waals surface area contributed by atoms with Gasteiger partial charge in [-0.15, -0.1) is 0 Å². The molecule has 1 heterocycles. The van der Waals surface area contributed by atoms with Gasteiger partial charge in [0.2, 0.25) is 10.0 Å². The number of anilines is 1. The molecular weight excluding hydrogens is 448 g/mol. The fraction of sp³-hybridized carbons (Fsp3) is 0.435. The maximum absolute atomic E-state index is 13.2. The minimum absolute atomic E-state index is 0.153. The summed E-state index contributed by atoms with van der Waals surface area (Å²) in [6.45, 7) is 6.30. The summed E-state index contributed by atoms with van der Waals surface area (Å²) < 4.78 is 44.1. The van der Waals surface area contributed by atoms with Gasteiger partial charge in [0.05, 0.1) is 19.1 Å². The Morgan fingerprint density at radius 2 is 1.55 bits per heavy atom. The molecule has 3 rings (SSSR count). The fourth-order valence-corrected chi connectivity index (χ4v) is 5.08. The van der Waals surface area contributed by atoms with Crippen LogP contribution in [0.1, 0.15) is 19.4 Å². The molecule has 1 saturated heterocycles. The average molecular weight is 479 g/mol. The van der Waals surface area contributed by atoms with E-state index < -0.39 is 21.6 Å². The first-order chi connectivity index (χ1) is 15.5. The molecule has 1 aliphatic rings. The number of carboxylic acid groups (broad SMARTS) is 1. The Morgan fingerprint density at radius 1 is 0.939 bits per heavy atom. The molecule has 1 fully saturated rings. The summed E-state index contributed by atoms with van der Waals surface area (Å²) in [5.41, 5.74) is 0.0588. The lowest BCUT2D eigenvalue weighted by molar-refractivity contribution is -0.152. The SMILES string of the molecule is COc1ccc(N2CCN(S(=O)(=O)c3ccc(OC(C)(C)C(=O)O)c(C)c3)CC2)cc1OC. The van der Waals surface area contributed by atoms with Gasteiger partial charge in [-0.25, -0.2) is 13.2 Å². The van der Waals surface area contributed by atoms with Crippen molar-refractivity contribution in [1.29, 1.82) is 0 Å². The molecule has 2 aromatic rings. The highest BCUT2D eigenvalue weighted by Crippen LogP contribution is 2.32. The second-order valence-electron chi connectivity index (χ2n) is 8.28. The smallest absolute Gasteiger partial charge is 0.347 e. The van der Waals surface area contributed by atoms with Crippen LogP contribution in [-0.2, 0) is 14.8 Å². The zero-order chi connectivity index (χ0) is 24.4. The second kappa shape index (κ2) is 9.48. The molecule has 0 aliphatic carbocycles. The molecule has 0 saturated carbocycles. The number of aryl methyl sites for hydroxylation is 1. The quantitative estimate of drug-likeness (QED) is 0.618. The number of carbonyl (C=O) groups is 1. The third-order valence-electron chi connectivity index (χ3n) is 5.64. The minimum atomic E-state index is -3.70. The largest absolute Gasteiger partial charge is 0.493 e. The summed E-state index contributed by atoms with van der Waals surface area (Å²) in [5.74, 6) is 0.483. The maximum atomic E-state index is 13.2. The number of hydrogen-bond acceptors (Lipinski definition) is 7. The van der Waals surface area contributed by atoms with Crippen LogP contribution >= 0.6 is 0 Å². The van der Waals surface area contributed by atoms with Crippen molar-refractivity contribution in [1.82, 2.24) is 4.31 Å². The molecule has 9 nitrogen and oxygen atoms in total. The lowest BCUT2D eigenvalue weighted by Crippen LogP contribution is -2.48. The highest BCUT2D eigenvalue weighted by atomic mass is 32.2. The average Bonchev–Trinajstić information content (AvgIpc) is 2.79. The van der Waals surface area contributed by atoms with E-state index in [0.29, 0.717) is 49.0 Å². The third kappa shape index (κ3) is 5.17. The molecule has 0 aromatic heterocycles. The highest BCUT2D eigenvalue weighted by Gasteiger charge is 2.32. The van der Waals surface area contributed by atoms with E-state index in [-0.39, 0.29) is 4.90 Å². The number of piperazine rings is 1. The zero-order valence-corrected chi connectivity index (χ0v) is 20.3. The van der Waals surface area contributed by atoms with Crippen molar-refractivity contribution in [3.63, 3.8) is 0 Å². The first kappa shape index (κ1) is 24.7. The van der Waals surface area contributed by atoms with E-state index in [0.717, 1.165) is 5.69 Å². The number of aliphatic carboxylic acids is 1. The predicted molar refractivity (Wildman–Crippen MR) is 124 cm³/mol. The number of sulfonamides is 1. The van der Waals surface area contributed by atoms with Crippen molar-refractivity contribution in [2.75, 3.05) is 45.3 Å². The molecule has 1 N–H and O–H groups in total. The molecule has 0 bridgehead atoms. The first-order valence-corrected chi connectivity index (χ1v) is 11.9. The monoisotopic (exact) mass is 478 g/mol. The van der Waals surface area contributed by atoms with Crippen LogP contribution in [0, 0.1) is 6.92 Å². The minimum Gasteiger partial charge on any atom is -0.493 e. The third-order valence-corrected chi connectivity index (χ3v) is 7.53. The van der Waals surface area contributed by atoms with E-state index in [1.165, 1.54) is 36.4 Å². The van der Waals surface area contributed by atoms with Crippen LogP contribution in [0.25, 0.3) is 0 Å². The molecule has 0 amide bonds. The van der Waals surface area contributed by atoms with E-state index in [4.69, 9.17) is 14.2 Å². The summed E-state index contributed by atoms with van der Waals surface area (Å²) >= 11 is 0. The molecular formula is C23H30N2O7S. The number of ether oxygens (including phenoxy) is 3. The molecule has 180 valence electrons. The van der Waals surface area contributed by atoms with Crippen LogP contribution in [-0.4, -0.2) is 69.8 Å². The Bertz CT molecular complexity index is 1120. The Labute approximate surface area is 194 Å². The number of carboxylic acids is 1. The second-order valence-corrected chi connectivity index (χ2v) is 10.2. The molecule has 33 heavy (non-hydrogen) atoms. The van der Waals surface area contributed by atoms with Crippen LogP contribution < -0.4 is 19.1 Å². The van der Waals surface area contributed by atoms with Gasteiger partial charge in [0.1, 0.15) is 5.75 Å². The van der Waals surface area contributed by atoms with Gasteiger partial charge in [-0.2, -0.15) is 4.31 Å². The zero-order valence-electron chi connectivity index (χ0n) is 19.5. The van der Waals surface area contributed by atoms with Gasteiger partial charge in [0, 0.05) is 37.9 Å². The highest BCUT2D eigenvalue weighted by molar-refractivity contribution is 7.89. The van der Waals surface area contributed by atoms with Gasteiger partial charge in [0.15, 0.2) is 17.1 Å². The van der Waals surface area contributed by atoms with Crippen molar-refractivity contribution >= 4 is 21.7 Å². The number of hydrogen-bond donors (Lipinski definition) is 1. The van der Waals surface area contributed by atoms with Crippen molar-refractivity contribution in [3.05, 3.63) is 42.0 Å². The predicted octanol–water partition coefficient (Wildman–Crippen LogP) is 2.77. The number of methoxy groups -OCH3 is 2. The summed E-state index contributed by atoms with van der Waals surface area (Å²) in [5, 5.41) is 9.26. The Balaban J connectivity index is 1.72. The van der Waals surface area contributed by atoms with E-state index >= 15 is 0 Å². The number of nitrogens with zero attached hydrogens (tertiary/aromatic N) is 2. The van der Waals surface area contributed by atoms with Crippen LogP contribution in [0.15, 0.2) is 41.3 Å². The molecule has 0 spiro atoms. The molecule has 10 heteroatoms. The molecule has 0 unspecified atom stereocenters. The van der Waals surface area contributed by atoms with Crippen molar-refractivity contribution in [2.45, 2.75) is 31.3 Å². The first-order valence-electron chi connectivity index (χ1n) is 10.5. The molecule has 1 aliphatic heterocycles. The van der Waals surface area contributed by atoms with Crippen molar-refractivity contribution in [2.24, 2.45) is 0 Å². The maximum Gasteiger partial charge on any atom is 0.347 e. The van der Waals surface area contributed by atoms with E-state index in [1.807, 2.05) is 18.2 Å². The van der Waals surface area contributed by atoms with Gasteiger partial charge in [-0.05, 0) is 56.7 Å². The fourth-order valence-electron chi connectivity index (χ4n) is 3.57. The van der Waals surface area contributed by atoms with E-state index in [1.54, 1.807) is 21.1 Å². The van der Waals surface area contributed by atoms with E-state index in [9.17, 15) is 18.3 Å². The summed E-state index contributed by atoms with van der Waals surface area (Å²) in [7, 11) is -0.546.